The van der Waals surface area contributed by atoms with Crippen LogP contribution in [0.3, 0.4) is 0 Å². The molecular weight excluding hydrogens is 435 g/mol. The van der Waals surface area contributed by atoms with Gasteiger partial charge in [-0.3, -0.25) is 4.79 Å². The first-order valence-corrected chi connectivity index (χ1v) is 10.5. The van der Waals surface area contributed by atoms with Crippen LogP contribution in [0, 0.1) is 0 Å². The largest absolute Gasteiger partial charge is 0.490 e. The Morgan fingerprint density at radius 1 is 1.21 bits per heavy atom. The zero-order chi connectivity index (χ0) is 23.4. The van der Waals surface area contributed by atoms with Gasteiger partial charge in [0.25, 0.3) is 5.91 Å². The molecule has 0 saturated heterocycles. The molecule has 0 spiro atoms. The molecule has 1 amide bonds. The van der Waals surface area contributed by atoms with Gasteiger partial charge in [0, 0.05) is 12.5 Å². The van der Waals surface area contributed by atoms with Gasteiger partial charge in [0.1, 0.15) is 23.8 Å². The second kappa shape index (κ2) is 9.48. The fourth-order valence-corrected chi connectivity index (χ4v) is 3.68. The van der Waals surface area contributed by atoms with E-state index in [0.717, 1.165) is 30.0 Å². The standard InChI is InChI=1S/C24H22F3N3O3/c1-15(28-23(31)21-11-12-32-30-21)17-6-9-19(10-7-17)33-20-8-5-16(14-20)13-18-3-2-4-22(29-18)24(25,26)27/h2-4,6-7,9-13,15,20H,5,8,14H2,1H3,(H,28,31). The third-order valence-electron chi connectivity index (χ3n) is 5.39. The molecule has 0 bridgehead atoms. The number of rotatable bonds is 6. The highest BCUT2D eigenvalue weighted by Crippen LogP contribution is 2.32. The maximum Gasteiger partial charge on any atom is 0.433 e. The monoisotopic (exact) mass is 457 g/mol. The Hall–Kier alpha value is -3.62. The summed E-state index contributed by atoms with van der Waals surface area (Å²) in [7, 11) is 0. The molecule has 0 aliphatic heterocycles. The zero-order valence-electron chi connectivity index (χ0n) is 17.8. The van der Waals surface area contributed by atoms with Crippen molar-refractivity contribution in [3.63, 3.8) is 0 Å². The van der Waals surface area contributed by atoms with Crippen molar-refractivity contribution in [2.24, 2.45) is 0 Å². The normalized spacial score (nSPS) is 18.3. The predicted octanol–water partition coefficient (Wildman–Crippen LogP) is 5.59. The van der Waals surface area contributed by atoms with E-state index in [-0.39, 0.29) is 23.7 Å². The molecule has 2 unspecified atom stereocenters. The van der Waals surface area contributed by atoms with E-state index < -0.39 is 11.9 Å². The van der Waals surface area contributed by atoms with Gasteiger partial charge < -0.3 is 14.6 Å². The molecule has 2 aromatic heterocycles. The lowest BCUT2D eigenvalue weighted by molar-refractivity contribution is -0.141. The number of hydrogen-bond donors (Lipinski definition) is 1. The Kier molecular flexibility index (Phi) is 6.48. The number of pyridine rings is 1. The maximum atomic E-state index is 12.9. The third kappa shape index (κ3) is 5.79. The molecule has 172 valence electrons. The number of alkyl halides is 3. The van der Waals surface area contributed by atoms with E-state index in [0.29, 0.717) is 17.9 Å². The van der Waals surface area contributed by atoms with Crippen molar-refractivity contribution < 1.29 is 27.2 Å². The highest BCUT2D eigenvalue weighted by atomic mass is 19.4. The SMILES string of the molecule is CC(NC(=O)c1ccon1)c1ccc(OC2CCC(=Cc3cccc(C(F)(F)F)n3)C2)cc1. The summed E-state index contributed by atoms with van der Waals surface area (Å²) in [6.07, 6.45) is 0.675. The van der Waals surface area contributed by atoms with Crippen molar-refractivity contribution >= 4 is 12.0 Å². The lowest BCUT2D eigenvalue weighted by Crippen LogP contribution is -2.26. The van der Waals surface area contributed by atoms with Crippen LogP contribution in [0.25, 0.3) is 6.08 Å². The van der Waals surface area contributed by atoms with Gasteiger partial charge in [-0.15, -0.1) is 0 Å². The molecule has 1 aliphatic rings. The predicted molar refractivity (Wildman–Crippen MR) is 114 cm³/mol. The van der Waals surface area contributed by atoms with Crippen LogP contribution in [0.15, 0.2) is 64.9 Å². The van der Waals surface area contributed by atoms with E-state index in [1.165, 1.54) is 18.4 Å². The molecule has 0 radical (unpaired) electrons. The van der Waals surface area contributed by atoms with Crippen molar-refractivity contribution in [1.29, 1.82) is 0 Å². The third-order valence-corrected chi connectivity index (χ3v) is 5.39. The van der Waals surface area contributed by atoms with E-state index in [4.69, 9.17) is 4.74 Å². The summed E-state index contributed by atoms with van der Waals surface area (Å²) in [5.74, 6) is 0.370. The molecule has 4 rings (SSSR count). The average molecular weight is 457 g/mol. The molecule has 1 aromatic carbocycles. The number of ether oxygens (including phenoxy) is 1. The van der Waals surface area contributed by atoms with Crippen molar-refractivity contribution in [2.75, 3.05) is 0 Å². The summed E-state index contributed by atoms with van der Waals surface area (Å²) in [6.45, 7) is 1.86. The summed E-state index contributed by atoms with van der Waals surface area (Å²) in [6, 6.07) is 12.6. The van der Waals surface area contributed by atoms with E-state index in [2.05, 4.69) is 20.0 Å². The van der Waals surface area contributed by atoms with Gasteiger partial charge in [-0.25, -0.2) is 4.98 Å². The summed E-state index contributed by atoms with van der Waals surface area (Å²) in [4.78, 5) is 15.8. The highest BCUT2D eigenvalue weighted by Gasteiger charge is 2.32. The van der Waals surface area contributed by atoms with Crippen LogP contribution < -0.4 is 10.1 Å². The highest BCUT2D eigenvalue weighted by molar-refractivity contribution is 5.92. The quantitative estimate of drug-likeness (QED) is 0.522. The second-order valence-electron chi connectivity index (χ2n) is 7.88. The van der Waals surface area contributed by atoms with Gasteiger partial charge in [0.2, 0.25) is 0 Å². The maximum absolute atomic E-state index is 12.9. The van der Waals surface area contributed by atoms with Crippen molar-refractivity contribution in [3.8, 4) is 5.75 Å². The molecule has 9 heteroatoms. The molecule has 3 aromatic rings. The lowest BCUT2D eigenvalue weighted by atomic mass is 10.1. The topological polar surface area (TPSA) is 77.2 Å². The molecule has 33 heavy (non-hydrogen) atoms. The Morgan fingerprint density at radius 2 is 2.00 bits per heavy atom. The minimum absolute atomic E-state index is 0.0582. The number of aromatic nitrogens is 2. The second-order valence-corrected chi connectivity index (χ2v) is 7.88. The molecule has 2 heterocycles. The number of nitrogens with one attached hydrogen (secondary N) is 1. The van der Waals surface area contributed by atoms with E-state index in [1.807, 2.05) is 31.2 Å². The van der Waals surface area contributed by atoms with Gasteiger partial charge in [0.05, 0.1) is 11.7 Å². The average Bonchev–Trinajstić information content (AvgIpc) is 3.46. The number of hydrogen-bond acceptors (Lipinski definition) is 5. The molecule has 1 aliphatic carbocycles. The molecule has 2 atom stereocenters. The first-order valence-electron chi connectivity index (χ1n) is 10.5. The van der Waals surface area contributed by atoms with Gasteiger partial charge in [-0.05, 0) is 55.7 Å². The molecule has 6 nitrogen and oxygen atoms in total. The van der Waals surface area contributed by atoms with E-state index >= 15 is 0 Å². The molecule has 1 fully saturated rings. The van der Waals surface area contributed by atoms with Crippen molar-refractivity contribution in [2.45, 2.75) is 44.5 Å². The number of halogens is 3. The minimum atomic E-state index is -4.46. The fourth-order valence-electron chi connectivity index (χ4n) is 3.68. The van der Waals surface area contributed by atoms with Crippen LogP contribution in [0.4, 0.5) is 13.2 Å². The lowest BCUT2D eigenvalue weighted by Gasteiger charge is -2.16. The molecular formula is C24H22F3N3O3. The first kappa shape index (κ1) is 22.6. The molecule has 1 saturated carbocycles. The Labute approximate surface area is 188 Å². The van der Waals surface area contributed by atoms with E-state index in [1.54, 1.807) is 12.1 Å². The van der Waals surface area contributed by atoms with Gasteiger partial charge in [-0.2, -0.15) is 13.2 Å². The zero-order valence-corrected chi connectivity index (χ0v) is 17.8. The number of benzene rings is 1. The fraction of sp³-hybridized carbons (Fsp3) is 0.292. The van der Waals surface area contributed by atoms with Crippen molar-refractivity contribution in [3.05, 3.63) is 83.0 Å². The Bertz CT molecular complexity index is 1130. The summed E-state index contributed by atoms with van der Waals surface area (Å²) in [5, 5.41) is 6.46. The van der Waals surface area contributed by atoms with Gasteiger partial charge in [-0.1, -0.05) is 28.9 Å². The van der Waals surface area contributed by atoms with E-state index in [9.17, 15) is 18.0 Å². The van der Waals surface area contributed by atoms with Gasteiger partial charge in [0.15, 0.2) is 5.69 Å². The smallest absolute Gasteiger partial charge is 0.433 e. The summed E-state index contributed by atoms with van der Waals surface area (Å²) < 4.78 is 49.3. The Balaban J connectivity index is 1.33. The number of amides is 1. The first-order chi connectivity index (χ1) is 15.8. The molecule has 1 N–H and O–H groups in total. The van der Waals surface area contributed by atoms with Crippen LogP contribution in [-0.4, -0.2) is 22.2 Å². The van der Waals surface area contributed by atoms with Crippen LogP contribution in [0.5, 0.6) is 5.75 Å². The van der Waals surface area contributed by atoms with Gasteiger partial charge >= 0.3 is 6.18 Å². The summed E-state index contributed by atoms with van der Waals surface area (Å²) >= 11 is 0. The Morgan fingerprint density at radius 3 is 2.70 bits per heavy atom. The minimum Gasteiger partial charge on any atom is -0.490 e. The van der Waals surface area contributed by atoms with Crippen LogP contribution >= 0.6 is 0 Å². The van der Waals surface area contributed by atoms with Crippen molar-refractivity contribution in [1.82, 2.24) is 15.5 Å². The number of carbonyl (C=O) groups excluding carboxylic acids is 1. The number of nitrogens with zero attached hydrogens (tertiary/aromatic N) is 2. The van der Waals surface area contributed by atoms with Crippen LogP contribution in [0.2, 0.25) is 0 Å². The summed E-state index contributed by atoms with van der Waals surface area (Å²) in [5.41, 5.74) is 1.53. The van der Waals surface area contributed by atoms with Crippen LogP contribution in [0.1, 0.15) is 59.7 Å². The van der Waals surface area contributed by atoms with Crippen LogP contribution in [-0.2, 0) is 6.18 Å². The number of carbonyl (C=O) groups is 1.